The minimum Gasteiger partial charge on any atom is -0.494 e. The lowest BCUT2D eigenvalue weighted by atomic mass is 10.2. The zero-order valence-electron chi connectivity index (χ0n) is 12.6. The second-order valence-electron chi connectivity index (χ2n) is 4.86. The van der Waals surface area contributed by atoms with Crippen molar-refractivity contribution in [3.8, 4) is 5.75 Å². The van der Waals surface area contributed by atoms with Gasteiger partial charge in [-0.3, -0.25) is 0 Å². The monoisotopic (exact) mass is 358 g/mol. The number of thiocarbonyl (C=S) groups is 1. The van der Waals surface area contributed by atoms with E-state index < -0.39 is 17.6 Å². The number of benzene rings is 2. The van der Waals surface area contributed by atoms with Gasteiger partial charge in [-0.15, -0.1) is 0 Å². The van der Waals surface area contributed by atoms with E-state index in [0.29, 0.717) is 5.56 Å². The Balaban J connectivity index is 1.95. The van der Waals surface area contributed by atoms with Gasteiger partial charge in [-0.25, -0.2) is 4.39 Å². The molecule has 0 saturated heterocycles. The van der Waals surface area contributed by atoms with E-state index in [9.17, 15) is 17.6 Å². The van der Waals surface area contributed by atoms with Crippen molar-refractivity contribution >= 4 is 23.0 Å². The number of nitrogens with one attached hydrogen (secondary N) is 2. The average Bonchev–Trinajstić information content (AvgIpc) is 2.52. The molecule has 3 nitrogen and oxygen atoms in total. The lowest BCUT2D eigenvalue weighted by Crippen LogP contribution is -2.28. The normalized spacial score (nSPS) is 11.0. The molecule has 0 fully saturated rings. The highest BCUT2D eigenvalue weighted by Crippen LogP contribution is 2.30. The number of anilines is 1. The molecule has 0 aliphatic carbocycles. The average molecular weight is 358 g/mol. The van der Waals surface area contributed by atoms with Gasteiger partial charge in [-0.2, -0.15) is 13.2 Å². The highest BCUT2D eigenvalue weighted by molar-refractivity contribution is 7.80. The third kappa shape index (κ3) is 4.82. The van der Waals surface area contributed by atoms with Gasteiger partial charge in [0.1, 0.15) is 0 Å². The van der Waals surface area contributed by atoms with Crippen molar-refractivity contribution in [2.24, 2.45) is 0 Å². The summed E-state index contributed by atoms with van der Waals surface area (Å²) in [6.07, 6.45) is -4.42. The molecule has 0 aromatic heterocycles. The molecule has 0 atom stereocenters. The Morgan fingerprint density at radius 3 is 2.54 bits per heavy atom. The Labute approximate surface area is 141 Å². The van der Waals surface area contributed by atoms with Gasteiger partial charge in [-0.1, -0.05) is 12.1 Å². The van der Waals surface area contributed by atoms with Crippen LogP contribution in [0.2, 0.25) is 0 Å². The number of rotatable bonds is 4. The maximum atomic E-state index is 13.6. The molecular formula is C16H14F4N2OS. The molecular weight excluding hydrogens is 344 g/mol. The highest BCUT2D eigenvalue weighted by Gasteiger charge is 2.30. The summed E-state index contributed by atoms with van der Waals surface area (Å²) in [5.41, 5.74) is 0.0530. The van der Waals surface area contributed by atoms with Crippen LogP contribution in [0.25, 0.3) is 0 Å². The summed E-state index contributed by atoms with van der Waals surface area (Å²) in [5.74, 6) is -0.378. The van der Waals surface area contributed by atoms with Gasteiger partial charge in [0.25, 0.3) is 0 Å². The Morgan fingerprint density at radius 1 is 1.17 bits per heavy atom. The predicted octanol–water partition coefficient (Wildman–Crippen LogP) is 4.34. The standard InChI is InChI=1S/C16H14F4N2OS/c1-23-14-6-5-10(7-13(14)17)9-21-15(24)22-12-4-2-3-11(8-12)16(18,19)20/h2-8H,9H2,1H3,(H2,21,22,24). The number of hydrogen-bond donors (Lipinski definition) is 2. The van der Waals surface area contributed by atoms with Gasteiger partial charge >= 0.3 is 6.18 Å². The summed E-state index contributed by atoms with van der Waals surface area (Å²) < 4.78 is 56.3. The molecule has 0 spiro atoms. The van der Waals surface area contributed by atoms with Gasteiger partial charge in [0.2, 0.25) is 0 Å². The maximum absolute atomic E-state index is 13.6. The molecule has 0 saturated carbocycles. The SMILES string of the molecule is COc1ccc(CNC(=S)Nc2cccc(C(F)(F)F)c2)cc1F. The summed E-state index contributed by atoms with van der Waals surface area (Å²) in [7, 11) is 1.37. The van der Waals surface area contributed by atoms with E-state index in [1.54, 1.807) is 6.07 Å². The van der Waals surface area contributed by atoms with E-state index in [1.165, 1.54) is 31.4 Å². The number of hydrogen-bond acceptors (Lipinski definition) is 2. The van der Waals surface area contributed by atoms with E-state index in [2.05, 4.69) is 10.6 Å². The molecule has 128 valence electrons. The van der Waals surface area contributed by atoms with Gasteiger partial charge in [0.15, 0.2) is 16.7 Å². The first-order chi connectivity index (χ1) is 11.3. The van der Waals surface area contributed by atoms with E-state index in [4.69, 9.17) is 17.0 Å². The third-order valence-corrected chi connectivity index (χ3v) is 3.36. The molecule has 2 N–H and O–H groups in total. The summed E-state index contributed by atoms with van der Waals surface area (Å²) >= 11 is 5.03. The largest absolute Gasteiger partial charge is 0.494 e. The van der Waals surface area contributed by atoms with Gasteiger partial charge in [-0.05, 0) is 48.1 Å². The van der Waals surface area contributed by atoms with Crippen LogP contribution < -0.4 is 15.4 Å². The van der Waals surface area contributed by atoms with E-state index in [1.807, 2.05) is 0 Å². The van der Waals surface area contributed by atoms with Crippen molar-refractivity contribution in [2.75, 3.05) is 12.4 Å². The second-order valence-corrected chi connectivity index (χ2v) is 5.26. The van der Waals surface area contributed by atoms with Crippen molar-refractivity contribution in [1.29, 1.82) is 0 Å². The van der Waals surface area contributed by atoms with Gasteiger partial charge in [0.05, 0.1) is 12.7 Å². The quantitative estimate of drug-likeness (QED) is 0.629. The molecule has 0 aliphatic heterocycles. The van der Waals surface area contributed by atoms with Crippen LogP contribution in [0.1, 0.15) is 11.1 Å². The number of alkyl halides is 3. The fourth-order valence-electron chi connectivity index (χ4n) is 1.95. The van der Waals surface area contributed by atoms with Crippen molar-refractivity contribution in [3.63, 3.8) is 0 Å². The zero-order chi connectivity index (χ0) is 17.7. The van der Waals surface area contributed by atoms with Crippen LogP contribution in [0.5, 0.6) is 5.75 Å². The summed E-state index contributed by atoms with van der Waals surface area (Å²) in [5, 5.41) is 5.60. The summed E-state index contributed by atoms with van der Waals surface area (Å²) in [4.78, 5) is 0. The molecule has 2 aromatic carbocycles. The van der Waals surface area contributed by atoms with E-state index >= 15 is 0 Å². The highest BCUT2D eigenvalue weighted by atomic mass is 32.1. The molecule has 0 heterocycles. The molecule has 0 bridgehead atoms. The van der Waals surface area contributed by atoms with Crippen molar-refractivity contribution in [2.45, 2.75) is 12.7 Å². The first-order valence-corrected chi connectivity index (χ1v) is 7.25. The van der Waals surface area contributed by atoms with Crippen LogP contribution >= 0.6 is 12.2 Å². The van der Waals surface area contributed by atoms with Crippen LogP contribution in [-0.4, -0.2) is 12.2 Å². The van der Waals surface area contributed by atoms with Crippen LogP contribution in [0.15, 0.2) is 42.5 Å². The Morgan fingerprint density at radius 2 is 1.92 bits per heavy atom. The number of halogens is 4. The molecule has 2 aromatic rings. The van der Waals surface area contributed by atoms with Crippen molar-refractivity contribution in [1.82, 2.24) is 5.32 Å². The summed E-state index contributed by atoms with van der Waals surface area (Å²) in [6.45, 7) is 0.214. The topological polar surface area (TPSA) is 33.3 Å². The Hall–Kier alpha value is -2.35. The van der Waals surface area contributed by atoms with E-state index in [0.717, 1.165) is 12.1 Å². The fraction of sp³-hybridized carbons (Fsp3) is 0.188. The third-order valence-electron chi connectivity index (χ3n) is 3.12. The first-order valence-electron chi connectivity index (χ1n) is 6.84. The van der Waals surface area contributed by atoms with Gasteiger partial charge < -0.3 is 15.4 Å². The molecule has 0 aliphatic rings. The number of methoxy groups -OCH3 is 1. The molecule has 0 amide bonds. The predicted molar refractivity (Wildman–Crippen MR) is 87.5 cm³/mol. The molecule has 8 heteroatoms. The fourth-order valence-corrected chi connectivity index (χ4v) is 2.14. The minimum atomic E-state index is -4.42. The van der Waals surface area contributed by atoms with Crippen LogP contribution in [0.4, 0.5) is 23.2 Å². The van der Waals surface area contributed by atoms with Crippen LogP contribution in [-0.2, 0) is 12.7 Å². The zero-order valence-corrected chi connectivity index (χ0v) is 13.4. The maximum Gasteiger partial charge on any atom is 0.416 e. The minimum absolute atomic E-state index is 0.128. The second kappa shape index (κ2) is 7.48. The molecule has 0 radical (unpaired) electrons. The van der Waals surface area contributed by atoms with E-state index in [-0.39, 0.29) is 23.1 Å². The smallest absolute Gasteiger partial charge is 0.416 e. The first kappa shape index (κ1) is 18.0. The molecule has 0 unspecified atom stereocenters. The molecule has 24 heavy (non-hydrogen) atoms. The van der Waals surface area contributed by atoms with Crippen molar-refractivity contribution in [3.05, 3.63) is 59.4 Å². The van der Waals surface area contributed by atoms with Crippen LogP contribution in [0, 0.1) is 5.82 Å². The number of ether oxygens (including phenoxy) is 1. The Kier molecular flexibility index (Phi) is 5.61. The Bertz CT molecular complexity index is 734. The lowest BCUT2D eigenvalue weighted by Gasteiger charge is -2.13. The van der Waals surface area contributed by atoms with Crippen LogP contribution in [0.3, 0.4) is 0 Å². The van der Waals surface area contributed by atoms with Gasteiger partial charge in [0, 0.05) is 12.2 Å². The summed E-state index contributed by atoms with van der Waals surface area (Å²) in [6, 6.07) is 9.11. The lowest BCUT2D eigenvalue weighted by molar-refractivity contribution is -0.137. The van der Waals surface area contributed by atoms with Crippen molar-refractivity contribution < 1.29 is 22.3 Å². The molecule has 2 rings (SSSR count).